The number of ether oxygens (including phenoxy) is 1. The molecule has 0 spiro atoms. The van der Waals surface area contributed by atoms with Crippen LogP contribution in [0.25, 0.3) is 0 Å². The van der Waals surface area contributed by atoms with Crippen LogP contribution < -0.4 is 10.1 Å². The minimum Gasteiger partial charge on any atom is -0.492 e. The molecule has 2 aliphatic rings. The second-order valence-electron chi connectivity index (χ2n) is 5.81. The second-order valence-corrected chi connectivity index (χ2v) is 5.81. The molecule has 1 amide bonds. The number of para-hydroxylation sites is 1. The number of carbonyl (C=O) groups is 2. The van der Waals surface area contributed by atoms with Crippen molar-refractivity contribution in [2.24, 2.45) is 5.92 Å². The van der Waals surface area contributed by atoms with Crippen LogP contribution in [-0.4, -0.2) is 29.6 Å². The fraction of sp³-hybridized carbons (Fsp3) is 0.500. The molecule has 2 N–H and O–H groups in total. The van der Waals surface area contributed by atoms with Gasteiger partial charge in [-0.3, -0.25) is 9.59 Å². The average molecular weight is 289 g/mol. The highest BCUT2D eigenvalue weighted by molar-refractivity contribution is 5.85. The Kier molecular flexibility index (Phi) is 3.82. The molecule has 21 heavy (non-hydrogen) atoms. The Balaban J connectivity index is 1.63. The van der Waals surface area contributed by atoms with Gasteiger partial charge in [0.25, 0.3) is 0 Å². The lowest BCUT2D eigenvalue weighted by Gasteiger charge is -2.28. The first-order chi connectivity index (χ1) is 10.1. The molecular weight excluding hydrogens is 270 g/mol. The Morgan fingerprint density at radius 2 is 2.05 bits per heavy atom. The molecule has 1 aromatic carbocycles. The molecule has 0 saturated heterocycles. The van der Waals surface area contributed by atoms with Gasteiger partial charge in [-0.15, -0.1) is 0 Å². The first-order valence-electron chi connectivity index (χ1n) is 7.40. The highest BCUT2D eigenvalue weighted by atomic mass is 16.5. The molecule has 1 saturated carbocycles. The maximum atomic E-state index is 12.4. The summed E-state index contributed by atoms with van der Waals surface area (Å²) in [4.78, 5) is 23.5. The Bertz CT molecular complexity index is 557. The van der Waals surface area contributed by atoms with Crippen molar-refractivity contribution in [3.05, 3.63) is 29.8 Å². The molecule has 0 bridgehead atoms. The van der Waals surface area contributed by atoms with Gasteiger partial charge in [0.15, 0.2) is 0 Å². The van der Waals surface area contributed by atoms with Crippen LogP contribution in [0.15, 0.2) is 24.3 Å². The van der Waals surface area contributed by atoms with Crippen LogP contribution in [0.3, 0.4) is 0 Å². The van der Waals surface area contributed by atoms with E-state index in [2.05, 4.69) is 5.32 Å². The largest absolute Gasteiger partial charge is 0.492 e. The van der Waals surface area contributed by atoms with Gasteiger partial charge in [0.1, 0.15) is 18.3 Å². The fourth-order valence-electron chi connectivity index (χ4n) is 3.23. The van der Waals surface area contributed by atoms with E-state index in [1.165, 1.54) is 0 Å². The van der Waals surface area contributed by atoms with Crippen molar-refractivity contribution in [2.45, 2.75) is 37.6 Å². The zero-order valence-electron chi connectivity index (χ0n) is 11.7. The highest BCUT2D eigenvalue weighted by Gasteiger charge is 2.33. The molecule has 3 atom stereocenters. The van der Waals surface area contributed by atoms with Crippen molar-refractivity contribution < 1.29 is 19.4 Å². The number of amides is 1. The van der Waals surface area contributed by atoms with Gasteiger partial charge in [0, 0.05) is 11.6 Å². The van der Waals surface area contributed by atoms with E-state index in [4.69, 9.17) is 9.84 Å². The van der Waals surface area contributed by atoms with Gasteiger partial charge < -0.3 is 15.2 Å². The minimum atomic E-state index is -0.761. The van der Waals surface area contributed by atoms with E-state index in [-0.39, 0.29) is 23.8 Å². The van der Waals surface area contributed by atoms with Gasteiger partial charge in [-0.05, 0) is 25.3 Å². The van der Waals surface area contributed by atoms with Crippen LogP contribution >= 0.6 is 0 Å². The maximum absolute atomic E-state index is 12.4. The molecule has 0 radical (unpaired) electrons. The van der Waals surface area contributed by atoms with Gasteiger partial charge in [0.05, 0.1) is 5.92 Å². The Morgan fingerprint density at radius 3 is 2.86 bits per heavy atom. The van der Waals surface area contributed by atoms with Crippen LogP contribution in [0.2, 0.25) is 0 Å². The van der Waals surface area contributed by atoms with Crippen molar-refractivity contribution >= 4 is 11.9 Å². The van der Waals surface area contributed by atoms with E-state index in [9.17, 15) is 9.59 Å². The molecule has 5 nitrogen and oxygen atoms in total. The number of carboxylic acids is 1. The minimum absolute atomic E-state index is 0.0416. The van der Waals surface area contributed by atoms with Crippen molar-refractivity contribution in [3.63, 3.8) is 0 Å². The number of hydrogen-bond acceptors (Lipinski definition) is 3. The lowest BCUT2D eigenvalue weighted by molar-refractivity contribution is -0.143. The van der Waals surface area contributed by atoms with E-state index in [0.717, 1.165) is 24.2 Å². The smallest absolute Gasteiger partial charge is 0.306 e. The number of fused-ring (bicyclic) bond motifs is 1. The molecule has 1 fully saturated rings. The van der Waals surface area contributed by atoms with Gasteiger partial charge in [-0.25, -0.2) is 0 Å². The topological polar surface area (TPSA) is 75.6 Å². The number of benzene rings is 1. The molecule has 1 aliphatic heterocycles. The number of rotatable bonds is 3. The molecule has 1 heterocycles. The predicted octanol–water partition coefficient (Wildman–Crippen LogP) is 1.92. The van der Waals surface area contributed by atoms with Crippen molar-refractivity contribution in [1.82, 2.24) is 5.32 Å². The van der Waals surface area contributed by atoms with Crippen molar-refractivity contribution in [3.8, 4) is 5.75 Å². The highest BCUT2D eigenvalue weighted by Crippen LogP contribution is 2.34. The average Bonchev–Trinajstić information content (AvgIpc) is 2.91. The van der Waals surface area contributed by atoms with Gasteiger partial charge in [-0.2, -0.15) is 0 Å². The number of carboxylic acid groups (broad SMARTS) is 1. The second kappa shape index (κ2) is 5.76. The summed E-state index contributed by atoms with van der Waals surface area (Å²) in [6, 6.07) is 7.52. The number of nitrogens with one attached hydrogen (secondary N) is 1. The first-order valence-corrected chi connectivity index (χ1v) is 7.40. The summed E-state index contributed by atoms with van der Waals surface area (Å²) in [5.41, 5.74) is 0.917. The molecule has 3 unspecified atom stereocenters. The number of hydrogen-bond donors (Lipinski definition) is 2. The summed E-state index contributed by atoms with van der Waals surface area (Å²) in [7, 11) is 0. The Morgan fingerprint density at radius 1 is 1.24 bits per heavy atom. The summed E-state index contributed by atoms with van der Waals surface area (Å²) >= 11 is 0. The molecule has 5 heteroatoms. The quantitative estimate of drug-likeness (QED) is 0.891. The third kappa shape index (κ3) is 2.86. The zero-order chi connectivity index (χ0) is 14.8. The standard InChI is InChI=1S/C16H19NO4/c18-15(13-9-21-14-7-2-1-6-12(13)14)17-11-5-3-4-10(8-11)16(19)20/h1-2,6-7,10-11,13H,3-5,8-9H2,(H,17,18)(H,19,20). The lowest BCUT2D eigenvalue weighted by atomic mass is 9.85. The summed E-state index contributed by atoms with van der Waals surface area (Å²) in [6.45, 7) is 0.361. The van der Waals surface area contributed by atoms with E-state index in [1.807, 2.05) is 24.3 Å². The van der Waals surface area contributed by atoms with Crippen LogP contribution in [0, 0.1) is 5.92 Å². The molecule has 112 valence electrons. The van der Waals surface area contributed by atoms with E-state index >= 15 is 0 Å². The van der Waals surface area contributed by atoms with Crippen molar-refractivity contribution in [1.29, 1.82) is 0 Å². The normalized spacial score (nSPS) is 27.5. The summed E-state index contributed by atoms with van der Waals surface area (Å²) < 4.78 is 5.53. The predicted molar refractivity (Wildman–Crippen MR) is 76.2 cm³/mol. The summed E-state index contributed by atoms with van der Waals surface area (Å²) in [5, 5.41) is 12.1. The van der Waals surface area contributed by atoms with Gasteiger partial charge in [0.2, 0.25) is 5.91 Å². The lowest BCUT2D eigenvalue weighted by Crippen LogP contribution is -2.42. The fourth-order valence-corrected chi connectivity index (χ4v) is 3.23. The molecular formula is C16H19NO4. The number of aliphatic carboxylic acids is 1. The van der Waals surface area contributed by atoms with Gasteiger partial charge in [-0.1, -0.05) is 24.6 Å². The van der Waals surface area contributed by atoms with Crippen molar-refractivity contribution in [2.75, 3.05) is 6.61 Å². The zero-order valence-corrected chi connectivity index (χ0v) is 11.7. The molecule has 1 aromatic rings. The Labute approximate surface area is 123 Å². The Hall–Kier alpha value is -2.04. The third-order valence-electron chi connectivity index (χ3n) is 4.39. The molecule has 1 aliphatic carbocycles. The van der Waals surface area contributed by atoms with E-state index in [1.54, 1.807) is 0 Å². The SMILES string of the molecule is O=C(O)C1CCCC(NC(=O)C2COc3ccccc32)C1. The van der Waals surface area contributed by atoms with Crippen LogP contribution in [0.5, 0.6) is 5.75 Å². The molecule has 0 aromatic heterocycles. The van der Waals surface area contributed by atoms with Gasteiger partial charge >= 0.3 is 5.97 Å². The monoisotopic (exact) mass is 289 g/mol. The van der Waals surface area contributed by atoms with E-state index in [0.29, 0.717) is 19.4 Å². The van der Waals surface area contributed by atoms with Crippen LogP contribution in [-0.2, 0) is 9.59 Å². The number of carbonyl (C=O) groups excluding carboxylic acids is 1. The molecule has 3 rings (SSSR count). The first kappa shape index (κ1) is 13.9. The van der Waals surface area contributed by atoms with Crippen LogP contribution in [0.1, 0.15) is 37.2 Å². The third-order valence-corrected chi connectivity index (χ3v) is 4.39. The summed E-state index contributed by atoms with van der Waals surface area (Å²) in [5.74, 6) is -0.674. The maximum Gasteiger partial charge on any atom is 0.306 e. The van der Waals surface area contributed by atoms with Crippen LogP contribution in [0.4, 0.5) is 0 Å². The van der Waals surface area contributed by atoms with E-state index < -0.39 is 5.97 Å². The summed E-state index contributed by atoms with van der Waals surface area (Å²) in [6.07, 6.45) is 2.93.